The summed E-state index contributed by atoms with van der Waals surface area (Å²) in [5.41, 5.74) is 0.457. The Kier molecular flexibility index (Phi) is 6.78. The van der Waals surface area contributed by atoms with Gasteiger partial charge in [-0.25, -0.2) is 19.2 Å². The number of nitrogens with zero attached hydrogens (tertiary/aromatic N) is 4. The lowest BCUT2D eigenvalue weighted by Crippen LogP contribution is -2.47. The van der Waals surface area contributed by atoms with Gasteiger partial charge in [0.05, 0.1) is 5.02 Å². The molecule has 1 aromatic carbocycles. The number of rotatable bonds is 6. The average molecular weight is 393 g/mol. The zero-order valence-corrected chi connectivity index (χ0v) is 15.6. The van der Waals surface area contributed by atoms with Crippen molar-refractivity contribution in [3.63, 3.8) is 0 Å². The molecule has 0 bridgehead atoms. The van der Waals surface area contributed by atoms with E-state index in [0.29, 0.717) is 12.2 Å². The third-order valence-corrected chi connectivity index (χ3v) is 4.61. The van der Waals surface area contributed by atoms with E-state index in [1.165, 1.54) is 18.2 Å². The standard InChI is InChI=1S/C18H22ClFN6O/c19-15-13-14(3-4-16(15)20)24-18(27)23-7-2-8-25-9-11-26(12-10-25)17-21-5-1-6-22-17/h1,3-6,13H,2,7-12H2,(H2,23,24,27). The van der Waals surface area contributed by atoms with Crippen molar-refractivity contribution < 1.29 is 9.18 Å². The van der Waals surface area contributed by atoms with Crippen molar-refractivity contribution >= 4 is 29.3 Å². The lowest BCUT2D eigenvalue weighted by atomic mass is 10.3. The van der Waals surface area contributed by atoms with Crippen LogP contribution < -0.4 is 15.5 Å². The largest absolute Gasteiger partial charge is 0.338 e. The van der Waals surface area contributed by atoms with Crippen LogP contribution in [0.4, 0.5) is 20.8 Å². The summed E-state index contributed by atoms with van der Waals surface area (Å²) in [6.45, 7) is 5.14. The maximum Gasteiger partial charge on any atom is 0.319 e. The minimum Gasteiger partial charge on any atom is -0.338 e. The third-order valence-electron chi connectivity index (χ3n) is 4.32. The van der Waals surface area contributed by atoms with Gasteiger partial charge in [-0.15, -0.1) is 0 Å². The Hall–Kier alpha value is -2.45. The molecule has 0 unspecified atom stereocenters. The first kappa shape index (κ1) is 19.3. The number of carbonyl (C=O) groups is 1. The molecule has 1 saturated heterocycles. The fraction of sp³-hybridized carbons (Fsp3) is 0.389. The molecule has 1 aliphatic heterocycles. The summed E-state index contributed by atoms with van der Waals surface area (Å²) in [4.78, 5) is 25.0. The molecule has 0 radical (unpaired) electrons. The van der Waals surface area contributed by atoms with Crippen molar-refractivity contribution in [1.82, 2.24) is 20.2 Å². The molecule has 2 aromatic rings. The SMILES string of the molecule is O=C(NCCCN1CCN(c2ncccn2)CC1)Nc1ccc(F)c(Cl)c1. The first-order valence-corrected chi connectivity index (χ1v) is 9.24. The molecule has 7 nitrogen and oxygen atoms in total. The molecule has 0 atom stereocenters. The monoisotopic (exact) mass is 392 g/mol. The summed E-state index contributed by atoms with van der Waals surface area (Å²) in [6, 6.07) is 5.55. The second-order valence-corrected chi connectivity index (χ2v) is 6.65. The number of hydrogen-bond acceptors (Lipinski definition) is 5. The van der Waals surface area contributed by atoms with Crippen molar-refractivity contribution in [2.45, 2.75) is 6.42 Å². The second kappa shape index (κ2) is 9.48. The van der Waals surface area contributed by atoms with Gasteiger partial charge in [0.15, 0.2) is 0 Å². The maximum atomic E-state index is 13.1. The van der Waals surface area contributed by atoms with Crippen molar-refractivity contribution in [2.75, 3.05) is 49.5 Å². The number of piperazine rings is 1. The number of halogens is 2. The van der Waals surface area contributed by atoms with Crippen LogP contribution in [0.2, 0.25) is 5.02 Å². The van der Waals surface area contributed by atoms with E-state index in [0.717, 1.165) is 45.1 Å². The van der Waals surface area contributed by atoms with Gasteiger partial charge < -0.3 is 15.5 Å². The molecule has 2 N–H and O–H groups in total. The lowest BCUT2D eigenvalue weighted by Gasteiger charge is -2.34. The van der Waals surface area contributed by atoms with Crippen LogP contribution in [0.15, 0.2) is 36.7 Å². The molecule has 0 saturated carbocycles. The van der Waals surface area contributed by atoms with E-state index in [1.807, 2.05) is 6.07 Å². The van der Waals surface area contributed by atoms with Crippen LogP contribution in [0.5, 0.6) is 0 Å². The van der Waals surface area contributed by atoms with Gasteiger partial charge >= 0.3 is 6.03 Å². The molecular formula is C18H22ClFN6O. The van der Waals surface area contributed by atoms with Gasteiger partial charge in [-0.1, -0.05) is 11.6 Å². The molecule has 0 spiro atoms. The minimum absolute atomic E-state index is 0.0205. The van der Waals surface area contributed by atoms with E-state index in [4.69, 9.17) is 11.6 Å². The maximum absolute atomic E-state index is 13.1. The Bertz CT molecular complexity index is 755. The molecule has 3 rings (SSSR count). The zero-order valence-electron chi connectivity index (χ0n) is 14.9. The quantitative estimate of drug-likeness (QED) is 0.739. The number of carbonyl (C=O) groups excluding carboxylic acids is 1. The van der Waals surface area contributed by atoms with Crippen molar-refractivity contribution in [2.24, 2.45) is 0 Å². The molecule has 1 aromatic heterocycles. The fourth-order valence-electron chi connectivity index (χ4n) is 2.88. The van der Waals surface area contributed by atoms with Crippen LogP contribution in [-0.4, -0.2) is 60.2 Å². The minimum atomic E-state index is -0.512. The highest BCUT2D eigenvalue weighted by molar-refractivity contribution is 6.31. The number of urea groups is 1. The van der Waals surface area contributed by atoms with Gasteiger partial charge in [0.1, 0.15) is 5.82 Å². The van der Waals surface area contributed by atoms with Gasteiger partial charge in [0.25, 0.3) is 0 Å². The number of benzene rings is 1. The molecule has 9 heteroatoms. The highest BCUT2D eigenvalue weighted by Gasteiger charge is 2.18. The van der Waals surface area contributed by atoms with Gasteiger partial charge in [-0.3, -0.25) is 4.90 Å². The van der Waals surface area contributed by atoms with Crippen LogP contribution in [0.1, 0.15) is 6.42 Å². The molecule has 1 aliphatic rings. The molecule has 0 aliphatic carbocycles. The molecule has 144 valence electrons. The highest BCUT2D eigenvalue weighted by Crippen LogP contribution is 2.19. The summed E-state index contributed by atoms with van der Waals surface area (Å²) in [6.07, 6.45) is 4.36. The third kappa shape index (κ3) is 5.77. The van der Waals surface area contributed by atoms with Crippen LogP contribution in [0, 0.1) is 5.82 Å². The number of aromatic nitrogens is 2. The van der Waals surface area contributed by atoms with Gasteiger partial charge in [-0.2, -0.15) is 0 Å². The van der Waals surface area contributed by atoms with E-state index in [-0.39, 0.29) is 11.1 Å². The van der Waals surface area contributed by atoms with E-state index in [9.17, 15) is 9.18 Å². The number of nitrogens with one attached hydrogen (secondary N) is 2. The Morgan fingerprint density at radius 3 is 2.63 bits per heavy atom. The first-order valence-electron chi connectivity index (χ1n) is 8.86. The average Bonchev–Trinajstić information content (AvgIpc) is 2.69. The van der Waals surface area contributed by atoms with Crippen LogP contribution in [0.3, 0.4) is 0 Å². The Morgan fingerprint density at radius 2 is 1.93 bits per heavy atom. The number of anilines is 2. The Balaban J connectivity index is 1.31. The van der Waals surface area contributed by atoms with Crippen LogP contribution in [-0.2, 0) is 0 Å². The van der Waals surface area contributed by atoms with Gasteiger partial charge in [-0.05, 0) is 37.2 Å². The van der Waals surface area contributed by atoms with E-state index in [1.54, 1.807) is 12.4 Å². The first-order chi connectivity index (χ1) is 13.1. The Morgan fingerprint density at radius 1 is 1.19 bits per heavy atom. The van der Waals surface area contributed by atoms with Crippen LogP contribution in [0.25, 0.3) is 0 Å². The topological polar surface area (TPSA) is 73.4 Å². The van der Waals surface area contributed by atoms with Gasteiger partial charge in [0, 0.05) is 50.8 Å². The smallest absolute Gasteiger partial charge is 0.319 e. The fourth-order valence-corrected chi connectivity index (χ4v) is 3.06. The number of hydrogen-bond donors (Lipinski definition) is 2. The Labute approximate surface area is 162 Å². The summed E-state index contributed by atoms with van der Waals surface area (Å²) in [7, 11) is 0. The summed E-state index contributed by atoms with van der Waals surface area (Å²) in [5.74, 6) is 0.262. The molecular weight excluding hydrogens is 371 g/mol. The normalized spacial score (nSPS) is 14.8. The van der Waals surface area contributed by atoms with Gasteiger partial charge in [0.2, 0.25) is 5.95 Å². The molecule has 2 heterocycles. The van der Waals surface area contributed by atoms with Crippen molar-refractivity contribution in [1.29, 1.82) is 0 Å². The lowest BCUT2D eigenvalue weighted by molar-refractivity contribution is 0.244. The predicted octanol–water partition coefficient (Wildman–Crippen LogP) is 2.60. The van der Waals surface area contributed by atoms with Crippen LogP contribution >= 0.6 is 11.6 Å². The summed E-state index contributed by atoms with van der Waals surface area (Å²) < 4.78 is 13.1. The highest BCUT2D eigenvalue weighted by atomic mass is 35.5. The van der Waals surface area contributed by atoms with E-state index in [2.05, 4.69) is 30.4 Å². The predicted molar refractivity (Wildman–Crippen MR) is 104 cm³/mol. The van der Waals surface area contributed by atoms with E-state index < -0.39 is 5.82 Å². The summed E-state index contributed by atoms with van der Waals surface area (Å²) >= 11 is 5.70. The zero-order chi connectivity index (χ0) is 19.1. The van der Waals surface area contributed by atoms with Crippen molar-refractivity contribution in [3.05, 3.63) is 47.5 Å². The second-order valence-electron chi connectivity index (χ2n) is 6.24. The van der Waals surface area contributed by atoms with E-state index >= 15 is 0 Å². The molecule has 27 heavy (non-hydrogen) atoms. The van der Waals surface area contributed by atoms with Crippen molar-refractivity contribution in [3.8, 4) is 0 Å². The molecule has 2 amide bonds. The number of amides is 2. The molecule has 1 fully saturated rings. The summed E-state index contributed by atoms with van der Waals surface area (Å²) in [5, 5.41) is 5.41.